The summed E-state index contributed by atoms with van der Waals surface area (Å²) < 4.78 is 76.5. The molecule has 0 N–H and O–H groups in total. The van der Waals surface area contributed by atoms with Crippen LogP contribution in [0.15, 0.2) is 30.3 Å². The highest BCUT2D eigenvalue weighted by Crippen LogP contribution is 2.44. The molecule has 0 heterocycles. The Balaban J connectivity index is 2.84. The molecule has 118 valence electrons. The lowest BCUT2D eigenvalue weighted by atomic mass is 9.99. The van der Waals surface area contributed by atoms with Gasteiger partial charge in [-0.2, -0.15) is 13.2 Å². The van der Waals surface area contributed by atoms with Crippen molar-refractivity contribution in [3.8, 4) is 22.6 Å². The van der Waals surface area contributed by atoms with E-state index in [9.17, 15) is 22.0 Å². The van der Waals surface area contributed by atoms with E-state index < -0.39 is 28.9 Å². The molecule has 0 amide bonds. The van der Waals surface area contributed by atoms with Crippen LogP contribution in [-0.2, 0) is 6.18 Å². The third kappa shape index (κ3) is 2.84. The van der Waals surface area contributed by atoms with E-state index in [0.717, 1.165) is 25.3 Å². The van der Waals surface area contributed by atoms with Crippen molar-refractivity contribution in [2.75, 3.05) is 14.2 Å². The molecule has 7 heteroatoms. The monoisotopic (exact) mass is 318 g/mol. The van der Waals surface area contributed by atoms with Gasteiger partial charge >= 0.3 is 6.18 Å². The molecule has 0 bridgehead atoms. The number of halogens is 5. The lowest BCUT2D eigenvalue weighted by Crippen LogP contribution is -2.07. The average Bonchev–Trinajstić information content (AvgIpc) is 2.45. The smallest absolute Gasteiger partial charge is 0.416 e. The van der Waals surface area contributed by atoms with Crippen molar-refractivity contribution in [3.63, 3.8) is 0 Å². The van der Waals surface area contributed by atoms with E-state index in [1.807, 2.05) is 0 Å². The maximum Gasteiger partial charge on any atom is 0.416 e. The predicted octanol–water partition coefficient (Wildman–Crippen LogP) is 4.67. The molecule has 2 aromatic carbocycles. The van der Waals surface area contributed by atoms with E-state index >= 15 is 0 Å². The highest BCUT2D eigenvalue weighted by atomic mass is 19.4. The second-order valence-corrected chi connectivity index (χ2v) is 4.35. The zero-order chi connectivity index (χ0) is 16.5. The van der Waals surface area contributed by atoms with Crippen LogP contribution in [0.3, 0.4) is 0 Å². The Hall–Kier alpha value is -2.31. The highest BCUT2D eigenvalue weighted by Gasteiger charge is 2.33. The Morgan fingerprint density at radius 2 is 1.50 bits per heavy atom. The number of rotatable bonds is 3. The van der Waals surface area contributed by atoms with Crippen LogP contribution < -0.4 is 9.47 Å². The van der Waals surface area contributed by atoms with Crippen LogP contribution in [0.1, 0.15) is 5.56 Å². The lowest BCUT2D eigenvalue weighted by Gasteiger charge is -2.17. The molecular weight excluding hydrogens is 307 g/mol. The van der Waals surface area contributed by atoms with Gasteiger partial charge in [-0.1, -0.05) is 6.07 Å². The predicted molar refractivity (Wildman–Crippen MR) is 69.9 cm³/mol. The molecule has 22 heavy (non-hydrogen) atoms. The van der Waals surface area contributed by atoms with Crippen LogP contribution in [0.2, 0.25) is 0 Å². The van der Waals surface area contributed by atoms with Crippen LogP contribution in [0.4, 0.5) is 22.0 Å². The lowest BCUT2D eigenvalue weighted by molar-refractivity contribution is -0.137. The van der Waals surface area contributed by atoms with Crippen LogP contribution >= 0.6 is 0 Å². The van der Waals surface area contributed by atoms with Gasteiger partial charge in [-0.15, -0.1) is 0 Å². The van der Waals surface area contributed by atoms with E-state index in [2.05, 4.69) is 0 Å². The summed E-state index contributed by atoms with van der Waals surface area (Å²) in [5.74, 6) is -2.45. The molecule has 0 atom stereocenters. The summed E-state index contributed by atoms with van der Waals surface area (Å²) in [6.45, 7) is 0. The van der Waals surface area contributed by atoms with Gasteiger partial charge in [0.05, 0.1) is 25.3 Å². The zero-order valence-corrected chi connectivity index (χ0v) is 11.6. The van der Waals surface area contributed by atoms with E-state index in [1.165, 1.54) is 7.11 Å². The maximum atomic E-state index is 13.9. The fourth-order valence-corrected chi connectivity index (χ4v) is 2.07. The van der Waals surface area contributed by atoms with Crippen LogP contribution in [0, 0.1) is 11.6 Å². The SMILES string of the molecule is COc1cc(C(F)(F)F)cc(-c2c(F)cccc2F)c1OC. The van der Waals surface area contributed by atoms with E-state index in [0.29, 0.717) is 12.1 Å². The Morgan fingerprint density at radius 1 is 0.909 bits per heavy atom. The molecule has 2 aromatic rings. The fourth-order valence-electron chi connectivity index (χ4n) is 2.07. The summed E-state index contributed by atoms with van der Waals surface area (Å²) in [4.78, 5) is 0. The Morgan fingerprint density at radius 3 is 1.95 bits per heavy atom. The van der Waals surface area contributed by atoms with Gasteiger partial charge in [0.1, 0.15) is 11.6 Å². The first-order valence-corrected chi connectivity index (χ1v) is 6.07. The van der Waals surface area contributed by atoms with Crippen LogP contribution in [0.25, 0.3) is 11.1 Å². The minimum absolute atomic E-state index is 0.181. The van der Waals surface area contributed by atoms with Crippen LogP contribution in [-0.4, -0.2) is 14.2 Å². The molecule has 0 radical (unpaired) electrons. The third-order valence-corrected chi connectivity index (χ3v) is 3.04. The summed E-state index contributed by atoms with van der Waals surface area (Å²) in [7, 11) is 2.31. The van der Waals surface area contributed by atoms with Crippen molar-refractivity contribution < 1.29 is 31.4 Å². The quantitative estimate of drug-likeness (QED) is 0.766. The molecule has 0 fully saturated rings. The molecular formula is C15H11F5O2. The average molecular weight is 318 g/mol. The molecule has 0 aliphatic rings. The van der Waals surface area contributed by atoms with Gasteiger partial charge in [-0.05, 0) is 24.3 Å². The van der Waals surface area contributed by atoms with Crippen molar-refractivity contribution >= 4 is 0 Å². The normalized spacial score (nSPS) is 11.4. The second kappa shape index (κ2) is 5.82. The zero-order valence-electron chi connectivity index (χ0n) is 11.6. The first-order chi connectivity index (χ1) is 10.3. The molecule has 0 aromatic heterocycles. The summed E-state index contributed by atoms with van der Waals surface area (Å²) in [5.41, 5.74) is -2.07. The molecule has 0 unspecified atom stereocenters. The number of hydrogen-bond donors (Lipinski definition) is 0. The van der Waals surface area contributed by atoms with Gasteiger partial charge in [0.25, 0.3) is 0 Å². The first-order valence-electron chi connectivity index (χ1n) is 6.07. The third-order valence-electron chi connectivity index (χ3n) is 3.04. The van der Waals surface area contributed by atoms with E-state index in [4.69, 9.17) is 9.47 Å². The van der Waals surface area contributed by atoms with Gasteiger partial charge in [0, 0.05) is 5.56 Å². The molecule has 2 rings (SSSR count). The van der Waals surface area contributed by atoms with Crippen LogP contribution in [0.5, 0.6) is 11.5 Å². The molecule has 0 saturated heterocycles. The topological polar surface area (TPSA) is 18.5 Å². The standard InChI is InChI=1S/C15H11F5O2/c1-21-12-7-8(15(18,19)20)6-9(14(12)22-2)13-10(16)4-3-5-11(13)17/h3-7H,1-2H3. The molecule has 2 nitrogen and oxygen atoms in total. The summed E-state index contributed by atoms with van der Waals surface area (Å²) in [6, 6.07) is 4.35. The first kappa shape index (κ1) is 16.1. The summed E-state index contributed by atoms with van der Waals surface area (Å²) >= 11 is 0. The Labute approximate surface area is 123 Å². The van der Waals surface area contributed by atoms with Crippen molar-refractivity contribution in [1.82, 2.24) is 0 Å². The largest absolute Gasteiger partial charge is 0.493 e. The summed E-state index contributed by atoms with van der Waals surface area (Å²) in [5, 5.41) is 0. The Bertz CT molecular complexity index is 675. The number of hydrogen-bond acceptors (Lipinski definition) is 2. The molecule has 0 saturated carbocycles. The number of alkyl halides is 3. The highest BCUT2D eigenvalue weighted by molar-refractivity contribution is 5.76. The van der Waals surface area contributed by atoms with Crippen molar-refractivity contribution in [2.45, 2.75) is 6.18 Å². The molecule has 0 aliphatic carbocycles. The maximum absolute atomic E-state index is 13.9. The van der Waals surface area contributed by atoms with Gasteiger partial charge in [0.15, 0.2) is 11.5 Å². The minimum atomic E-state index is -4.70. The van der Waals surface area contributed by atoms with Crippen molar-refractivity contribution in [1.29, 1.82) is 0 Å². The van der Waals surface area contributed by atoms with E-state index in [1.54, 1.807) is 0 Å². The molecule has 0 aliphatic heterocycles. The van der Waals surface area contributed by atoms with Gasteiger partial charge in [-0.3, -0.25) is 0 Å². The Kier molecular flexibility index (Phi) is 4.25. The van der Waals surface area contributed by atoms with Crippen molar-refractivity contribution in [2.24, 2.45) is 0 Å². The number of methoxy groups -OCH3 is 2. The fraction of sp³-hybridized carbons (Fsp3) is 0.200. The minimum Gasteiger partial charge on any atom is -0.493 e. The van der Waals surface area contributed by atoms with Gasteiger partial charge < -0.3 is 9.47 Å². The second-order valence-electron chi connectivity index (χ2n) is 4.35. The molecule has 0 spiro atoms. The number of ether oxygens (including phenoxy) is 2. The summed E-state index contributed by atoms with van der Waals surface area (Å²) in [6.07, 6.45) is -4.70. The number of benzene rings is 2. The van der Waals surface area contributed by atoms with E-state index in [-0.39, 0.29) is 17.1 Å². The van der Waals surface area contributed by atoms with Crippen molar-refractivity contribution in [3.05, 3.63) is 47.5 Å². The van der Waals surface area contributed by atoms with Gasteiger partial charge in [0.2, 0.25) is 0 Å². The van der Waals surface area contributed by atoms with Gasteiger partial charge in [-0.25, -0.2) is 8.78 Å².